The third-order valence-corrected chi connectivity index (χ3v) is 6.30. The monoisotopic (exact) mass is 392 g/mol. The Morgan fingerprint density at radius 3 is 2.88 bits per heavy atom. The Balaban J connectivity index is 1.73. The first-order chi connectivity index (χ1) is 12.1. The smallest absolute Gasteiger partial charge is 0.188 e. The van der Waals surface area contributed by atoms with E-state index >= 15 is 0 Å². The molecule has 130 valence electrons. The largest absolute Gasteiger partial charge is 0.495 e. The standard InChI is InChI=1S/C17H17ClN4OS2/c1-23-12-7-6-9(18)8-11(12)21-17-22-14-13(24-17)5-3-2-4-10-15(14)25-16(19)20-10/h6-8H,2-5H2,1H3,(H2,19,20)(H,21,22). The molecule has 0 amide bonds. The Bertz CT molecular complexity index is 922. The van der Waals surface area contributed by atoms with Crippen LogP contribution in [0.2, 0.25) is 5.02 Å². The van der Waals surface area contributed by atoms with E-state index in [2.05, 4.69) is 10.3 Å². The number of nitrogens with zero attached hydrogens (tertiary/aromatic N) is 2. The molecular weight excluding hydrogens is 376 g/mol. The van der Waals surface area contributed by atoms with Crippen LogP contribution in [-0.2, 0) is 12.8 Å². The fourth-order valence-electron chi connectivity index (χ4n) is 2.95. The summed E-state index contributed by atoms with van der Waals surface area (Å²) < 4.78 is 5.41. The van der Waals surface area contributed by atoms with Crippen molar-refractivity contribution in [3.63, 3.8) is 0 Å². The van der Waals surface area contributed by atoms with Crippen molar-refractivity contribution < 1.29 is 4.74 Å². The van der Waals surface area contributed by atoms with Crippen molar-refractivity contribution in [3.05, 3.63) is 33.8 Å². The van der Waals surface area contributed by atoms with Crippen LogP contribution in [0.5, 0.6) is 5.75 Å². The highest BCUT2D eigenvalue weighted by atomic mass is 35.5. The quantitative estimate of drug-likeness (QED) is 0.646. The first-order valence-electron chi connectivity index (χ1n) is 8.00. The Morgan fingerprint density at radius 2 is 2.04 bits per heavy atom. The van der Waals surface area contributed by atoms with Crippen LogP contribution in [0.1, 0.15) is 23.4 Å². The summed E-state index contributed by atoms with van der Waals surface area (Å²) in [6, 6.07) is 5.49. The number of hydrogen-bond donors (Lipinski definition) is 2. The van der Waals surface area contributed by atoms with E-state index < -0.39 is 0 Å². The van der Waals surface area contributed by atoms with Crippen molar-refractivity contribution in [1.29, 1.82) is 0 Å². The van der Waals surface area contributed by atoms with Crippen LogP contribution in [0.25, 0.3) is 10.6 Å². The molecule has 5 nitrogen and oxygen atoms in total. The average molecular weight is 393 g/mol. The molecule has 0 atom stereocenters. The van der Waals surface area contributed by atoms with Gasteiger partial charge in [-0.2, -0.15) is 0 Å². The number of aromatic nitrogens is 2. The molecule has 0 spiro atoms. The van der Waals surface area contributed by atoms with Crippen LogP contribution < -0.4 is 15.8 Å². The van der Waals surface area contributed by atoms with E-state index in [1.807, 2.05) is 12.1 Å². The van der Waals surface area contributed by atoms with Crippen LogP contribution >= 0.6 is 34.3 Å². The number of anilines is 3. The number of aryl methyl sites for hydroxylation is 2. The molecule has 0 saturated heterocycles. The molecule has 8 heteroatoms. The van der Waals surface area contributed by atoms with E-state index in [0.29, 0.717) is 10.2 Å². The Labute approximate surface area is 158 Å². The maximum atomic E-state index is 6.12. The SMILES string of the molecule is COc1ccc(Cl)cc1Nc1nc2c(s1)CCCCc1nc(N)sc1-2. The van der Waals surface area contributed by atoms with Crippen molar-refractivity contribution in [1.82, 2.24) is 9.97 Å². The van der Waals surface area contributed by atoms with Crippen LogP contribution in [0.4, 0.5) is 16.0 Å². The van der Waals surface area contributed by atoms with E-state index in [1.54, 1.807) is 24.5 Å². The van der Waals surface area contributed by atoms with Gasteiger partial charge in [-0.15, -0.1) is 11.3 Å². The number of thiazole rings is 2. The normalized spacial score (nSPS) is 13.5. The lowest BCUT2D eigenvalue weighted by Gasteiger charge is -2.09. The van der Waals surface area contributed by atoms with Gasteiger partial charge < -0.3 is 15.8 Å². The van der Waals surface area contributed by atoms with Gasteiger partial charge in [0.15, 0.2) is 10.3 Å². The number of rotatable bonds is 3. The molecule has 2 heterocycles. The highest BCUT2D eigenvalue weighted by Crippen LogP contribution is 2.41. The number of benzene rings is 1. The van der Waals surface area contributed by atoms with E-state index in [4.69, 9.17) is 27.1 Å². The van der Waals surface area contributed by atoms with Crippen molar-refractivity contribution in [3.8, 4) is 16.3 Å². The minimum atomic E-state index is 0.608. The molecule has 0 saturated carbocycles. The first-order valence-corrected chi connectivity index (χ1v) is 10.0. The van der Waals surface area contributed by atoms with Crippen LogP contribution in [-0.4, -0.2) is 17.1 Å². The number of nitrogens with two attached hydrogens (primary N) is 1. The van der Waals surface area contributed by atoms with Gasteiger partial charge in [-0.3, -0.25) is 0 Å². The van der Waals surface area contributed by atoms with Crippen LogP contribution in [0, 0.1) is 0 Å². The fourth-order valence-corrected chi connectivity index (χ4v) is 5.10. The zero-order valence-corrected chi connectivity index (χ0v) is 16.0. The van der Waals surface area contributed by atoms with Crippen molar-refractivity contribution in [2.24, 2.45) is 0 Å². The predicted molar refractivity (Wildman–Crippen MR) is 106 cm³/mol. The van der Waals surface area contributed by atoms with E-state index in [9.17, 15) is 0 Å². The summed E-state index contributed by atoms with van der Waals surface area (Å²) in [5.74, 6) is 0.731. The molecule has 0 radical (unpaired) electrons. The summed E-state index contributed by atoms with van der Waals surface area (Å²) in [7, 11) is 1.64. The molecule has 3 N–H and O–H groups in total. The Hall–Kier alpha value is -1.83. The van der Waals surface area contributed by atoms with E-state index in [-0.39, 0.29) is 0 Å². The van der Waals surface area contributed by atoms with Crippen LogP contribution in [0.3, 0.4) is 0 Å². The molecule has 0 fully saturated rings. The second-order valence-electron chi connectivity index (χ2n) is 5.80. The van der Waals surface area contributed by atoms with Gasteiger partial charge in [-0.1, -0.05) is 22.9 Å². The molecule has 25 heavy (non-hydrogen) atoms. The van der Waals surface area contributed by atoms with Crippen LogP contribution in [0.15, 0.2) is 18.2 Å². The lowest BCUT2D eigenvalue weighted by molar-refractivity contribution is 0.417. The highest BCUT2D eigenvalue weighted by Gasteiger charge is 2.22. The predicted octanol–water partition coefficient (Wildman–Crippen LogP) is 5.13. The number of ether oxygens (including phenoxy) is 1. The maximum Gasteiger partial charge on any atom is 0.188 e. The number of nitrogen functional groups attached to an aromatic ring is 1. The zero-order chi connectivity index (χ0) is 17.4. The maximum absolute atomic E-state index is 6.12. The van der Waals surface area contributed by atoms with Crippen molar-refractivity contribution in [2.75, 3.05) is 18.2 Å². The first kappa shape index (κ1) is 16.6. The minimum absolute atomic E-state index is 0.608. The number of fused-ring (bicyclic) bond motifs is 3. The minimum Gasteiger partial charge on any atom is -0.495 e. The molecule has 2 aromatic heterocycles. The summed E-state index contributed by atoms with van der Waals surface area (Å²) in [6.45, 7) is 0. The summed E-state index contributed by atoms with van der Waals surface area (Å²) >= 11 is 9.31. The average Bonchev–Trinajstić information content (AvgIpc) is 3.13. The fraction of sp³-hybridized carbons (Fsp3) is 0.294. The summed E-state index contributed by atoms with van der Waals surface area (Å²) in [5, 5.41) is 5.43. The Kier molecular flexibility index (Phi) is 4.54. The highest BCUT2D eigenvalue weighted by molar-refractivity contribution is 7.20. The van der Waals surface area contributed by atoms with Gasteiger partial charge in [0.05, 0.1) is 29.1 Å². The zero-order valence-electron chi connectivity index (χ0n) is 13.6. The number of nitrogens with one attached hydrogen (secondary N) is 1. The van der Waals surface area contributed by atoms with Gasteiger partial charge in [-0.05, 0) is 43.9 Å². The third-order valence-electron chi connectivity index (χ3n) is 4.10. The topological polar surface area (TPSA) is 73.1 Å². The van der Waals surface area contributed by atoms with E-state index in [0.717, 1.165) is 58.5 Å². The molecule has 4 rings (SSSR count). The molecule has 1 aromatic carbocycles. The Morgan fingerprint density at radius 1 is 1.20 bits per heavy atom. The van der Waals surface area contributed by atoms with Gasteiger partial charge in [0, 0.05) is 9.90 Å². The molecular formula is C17H17ClN4OS2. The molecule has 3 aromatic rings. The number of hydrogen-bond acceptors (Lipinski definition) is 7. The van der Waals surface area contributed by atoms with Gasteiger partial charge in [0.25, 0.3) is 0 Å². The lowest BCUT2D eigenvalue weighted by atomic mass is 10.0. The molecule has 0 bridgehead atoms. The molecule has 1 aliphatic rings. The number of methoxy groups -OCH3 is 1. The second kappa shape index (κ2) is 6.82. The van der Waals surface area contributed by atoms with Gasteiger partial charge in [0.1, 0.15) is 5.75 Å². The van der Waals surface area contributed by atoms with Gasteiger partial charge >= 0.3 is 0 Å². The van der Waals surface area contributed by atoms with Crippen molar-refractivity contribution >= 4 is 50.2 Å². The number of halogens is 1. The summed E-state index contributed by atoms with van der Waals surface area (Å²) in [5.41, 5.74) is 8.83. The van der Waals surface area contributed by atoms with Crippen molar-refractivity contribution in [2.45, 2.75) is 25.7 Å². The lowest BCUT2D eigenvalue weighted by Crippen LogP contribution is -1.97. The molecule has 0 unspecified atom stereocenters. The van der Waals surface area contributed by atoms with Gasteiger partial charge in [-0.25, -0.2) is 9.97 Å². The van der Waals surface area contributed by atoms with Gasteiger partial charge in [0.2, 0.25) is 0 Å². The summed E-state index contributed by atoms with van der Waals surface area (Å²) in [4.78, 5) is 11.7. The molecule has 0 aliphatic heterocycles. The molecule has 1 aliphatic carbocycles. The third kappa shape index (κ3) is 3.31. The second-order valence-corrected chi connectivity index (χ2v) is 8.35. The summed E-state index contributed by atoms with van der Waals surface area (Å²) in [6.07, 6.45) is 4.24. The van der Waals surface area contributed by atoms with E-state index in [1.165, 1.54) is 16.2 Å².